The molecular formula is C9H9Cl2N3O. The third-order valence-corrected chi connectivity index (χ3v) is 2.11. The Balaban J connectivity index is 3.16. The molecule has 1 rings (SSSR count). The summed E-state index contributed by atoms with van der Waals surface area (Å²) in [6.45, 7) is 3.75. The van der Waals surface area contributed by atoms with E-state index < -0.39 is 0 Å². The first kappa shape index (κ1) is 12.0. The molecule has 0 aliphatic rings. The van der Waals surface area contributed by atoms with Gasteiger partial charge in [-0.25, -0.2) is 0 Å². The monoisotopic (exact) mass is 245 g/mol. The van der Waals surface area contributed by atoms with Crippen LogP contribution in [0.15, 0.2) is 17.2 Å². The highest BCUT2D eigenvalue weighted by Crippen LogP contribution is 2.36. The SMILES string of the molecule is CC(C)Oc1cc(N=[N+]=[N-])c(Cl)cc1Cl. The molecule has 1 aromatic carbocycles. The first-order valence-corrected chi connectivity index (χ1v) is 5.01. The van der Waals surface area contributed by atoms with Gasteiger partial charge in [-0.2, -0.15) is 0 Å². The van der Waals surface area contributed by atoms with Crippen molar-refractivity contribution in [2.75, 3.05) is 0 Å². The molecule has 0 bridgehead atoms. The van der Waals surface area contributed by atoms with Crippen LogP contribution in [0.1, 0.15) is 13.8 Å². The van der Waals surface area contributed by atoms with Crippen LogP contribution in [0.25, 0.3) is 10.4 Å². The van der Waals surface area contributed by atoms with Crippen molar-refractivity contribution in [3.05, 3.63) is 32.6 Å². The molecule has 80 valence electrons. The van der Waals surface area contributed by atoms with Crippen molar-refractivity contribution in [3.63, 3.8) is 0 Å². The number of azide groups is 1. The molecule has 0 spiro atoms. The Kier molecular flexibility index (Phi) is 4.09. The van der Waals surface area contributed by atoms with E-state index in [2.05, 4.69) is 10.0 Å². The molecule has 0 aromatic heterocycles. The van der Waals surface area contributed by atoms with Crippen molar-refractivity contribution in [1.29, 1.82) is 0 Å². The third-order valence-electron chi connectivity index (χ3n) is 1.52. The van der Waals surface area contributed by atoms with Crippen molar-refractivity contribution in [2.45, 2.75) is 20.0 Å². The van der Waals surface area contributed by atoms with Crippen molar-refractivity contribution >= 4 is 28.9 Å². The fourth-order valence-electron chi connectivity index (χ4n) is 0.987. The molecule has 0 aliphatic heterocycles. The minimum Gasteiger partial charge on any atom is -0.489 e. The van der Waals surface area contributed by atoms with Gasteiger partial charge in [0.05, 0.1) is 21.8 Å². The highest BCUT2D eigenvalue weighted by atomic mass is 35.5. The molecule has 0 fully saturated rings. The number of nitrogens with zero attached hydrogens (tertiary/aromatic N) is 3. The van der Waals surface area contributed by atoms with Gasteiger partial charge in [0.15, 0.2) is 0 Å². The maximum atomic E-state index is 8.31. The van der Waals surface area contributed by atoms with Crippen LogP contribution in [-0.4, -0.2) is 6.10 Å². The van der Waals surface area contributed by atoms with Crippen LogP contribution in [-0.2, 0) is 0 Å². The second kappa shape index (κ2) is 5.12. The predicted octanol–water partition coefficient (Wildman–Crippen LogP) is 4.72. The van der Waals surface area contributed by atoms with Gasteiger partial charge in [0.25, 0.3) is 0 Å². The van der Waals surface area contributed by atoms with Gasteiger partial charge >= 0.3 is 0 Å². The lowest BCUT2D eigenvalue weighted by atomic mass is 10.3. The molecule has 4 nitrogen and oxygen atoms in total. The van der Waals surface area contributed by atoms with E-state index in [1.54, 1.807) is 0 Å². The number of benzene rings is 1. The van der Waals surface area contributed by atoms with Gasteiger partial charge in [-0.1, -0.05) is 28.3 Å². The Labute approximate surface area is 97.4 Å². The van der Waals surface area contributed by atoms with Crippen LogP contribution in [0, 0.1) is 0 Å². The second-order valence-electron chi connectivity index (χ2n) is 3.09. The summed E-state index contributed by atoms with van der Waals surface area (Å²) in [6.07, 6.45) is -0.0115. The van der Waals surface area contributed by atoms with Crippen molar-refractivity contribution in [3.8, 4) is 5.75 Å². The van der Waals surface area contributed by atoms with Gasteiger partial charge in [-0.05, 0) is 31.5 Å². The summed E-state index contributed by atoms with van der Waals surface area (Å²) in [4.78, 5) is 2.66. The summed E-state index contributed by atoms with van der Waals surface area (Å²) in [5, 5.41) is 4.12. The average molecular weight is 246 g/mol. The largest absolute Gasteiger partial charge is 0.489 e. The zero-order valence-electron chi connectivity index (χ0n) is 8.24. The minimum atomic E-state index is -0.0115. The zero-order chi connectivity index (χ0) is 11.4. The first-order valence-electron chi connectivity index (χ1n) is 4.25. The molecule has 0 amide bonds. The first-order chi connectivity index (χ1) is 7.04. The number of rotatable bonds is 3. The summed E-state index contributed by atoms with van der Waals surface area (Å²) in [5.74, 6) is 0.457. The van der Waals surface area contributed by atoms with E-state index in [-0.39, 0.29) is 6.10 Å². The van der Waals surface area contributed by atoms with Gasteiger partial charge < -0.3 is 4.74 Å². The minimum absolute atomic E-state index is 0.0115. The molecule has 0 heterocycles. The highest BCUT2D eigenvalue weighted by Gasteiger charge is 2.08. The number of hydrogen-bond donors (Lipinski definition) is 0. The predicted molar refractivity (Wildman–Crippen MR) is 61.0 cm³/mol. The fourth-order valence-corrected chi connectivity index (χ4v) is 1.45. The number of hydrogen-bond acceptors (Lipinski definition) is 2. The molecule has 0 N–H and O–H groups in total. The van der Waals surface area contributed by atoms with Crippen LogP contribution in [0.5, 0.6) is 5.75 Å². The number of halogens is 2. The van der Waals surface area contributed by atoms with Gasteiger partial charge in [0.2, 0.25) is 0 Å². The molecule has 0 saturated heterocycles. The fraction of sp³-hybridized carbons (Fsp3) is 0.333. The van der Waals surface area contributed by atoms with Crippen LogP contribution in [0.3, 0.4) is 0 Å². The van der Waals surface area contributed by atoms with Crippen molar-refractivity contribution in [1.82, 2.24) is 0 Å². The van der Waals surface area contributed by atoms with Gasteiger partial charge in [-0.3, -0.25) is 0 Å². The normalized spacial score (nSPS) is 9.93. The number of ether oxygens (including phenoxy) is 1. The van der Waals surface area contributed by atoms with Crippen molar-refractivity contribution < 1.29 is 4.74 Å². The quantitative estimate of drug-likeness (QED) is 0.432. The molecule has 0 saturated carbocycles. The molecular weight excluding hydrogens is 237 g/mol. The molecule has 0 radical (unpaired) electrons. The molecule has 15 heavy (non-hydrogen) atoms. The van der Waals surface area contributed by atoms with Gasteiger partial charge in [-0.15, -0.1) is 0 Å². The Bertz CT molecular complexity index is 414. The van der Waals surface area contributed by atoms with E-state index >= 15 is 0 Å². The lowest BCUT2D eigenvalue weighted by Gasteiger charge is -2.12. The Morgan fingerprint density at radius 2 is 2.00 bits per heavy atom. The molecule has 0 aliphatic carbocycles. The van der Waals surface area contributed by atoms with Gasteiger partial charge in [0.1, 0.15) is 5.75 Å². The Morgan fingerprint density at radius 3 is 2.53 bits per heavy atom. The topological polar surface area (TPSA) is 58.0 Å². The second-order valence-corrected chi connectivity index (χ2v) is 3.90. The van der Waals surface area contributed by atoms with E-state index in [0.29, 0.717) is 21.5 Å². The average Bonchev–Trinajstić information content (AvgIpc) is 2.12. The summed E-state index contributed by atoms with van der Waals surface area (Å²) in [7, 11) is 0. The van der Waals surface area contributed by atoms with Crippen LogP contribution in [0.4, 0.5) is 5.69 Å². The van der Waals surface area contributed by atoms with Crippen LogP contribution < -0.4 is 4.74 Å². The van der Waals surface area contributed by atoms with Gasteiger partial charge in [0, 0.05) is 4.91 Å². The van der Waals surface area contributed by atoms with Crippen LogP contribution in [0.2, 0.25) is 10.0 Å². The van der Waals surface area contributed by atoms with E-state index in [0.717, 1.165) is 0 Å². The lowest BCUT2D eigenvalue weighted by Crippen LogP contribution is -2.05. The third kappa shape index (κ3) is 3.20. The standard InChI is InChI=1S/C9H9Cl2N3O/c1-5(2)15-9-4-8(13-14-12)6(10)3-7(9)11/h3-5H,1-2H3. The van der Waals surface area contributed by atoms with E-state index in [1.807, 2.05) is 13.8 Å². The van der Waals surface area contributed by atoms with Crippen LogP contribution >= 0.6 is 23.2 Å². The summed E-state index contributed by atoms with van der Waals surface area (Å²) in [5.41, 5.74) is 8.62. The lowest BCUT2D eigenvalue weighted by molar-refractivity contribution is 0.242. The molecule has 1 aromatic rings. The maximum absolute atomic E-state index is 8.31. The summed E-state index contributed by atoms with van der Waals surface area (Å²) >= 11 is 11.7. The summed E-state index contributed by atoms with van der Waals surface area (Å²) < 4.78 is 5.41. The smallest absolute Gasteiger partial charge is 0.138 e. The molecule has 0 unspecified atom stereocenters. The van der Waals surface area contributed by atoms with Crippen molar-refractivity contribution in [2.24, 2.45) is 5.11 Å². The maximum Gasteiger partial charge on any atom is 0.138 e. The highest BCUT2D eigenvalue weighted by molar-refractivity contribution is 6.37. The van der Waals surface area contributed by atoms with E-state index in [9.17, 15) is 0 Å². The molecule has 6 heteroatoms. The Morgan fingerprint density at radius 1 is 1.33 bits per heavy atom. The zero-order valence-corrected chi connectivity index (χ0v) is 9.75. The molecule has 0 atom stereocenters. The Hall–Kier alpha value is -1.09. The summed E-state index contributed by atoms with van der Waals surface area (Å²) in [6, 6.07) is 3.01. The van der Waals surface area contributed by atoms with E-state index in [1.165, 1.54) is 12.1 Å². The van der Waals surface area contributed by atoms with E-state index in [4.69, 9.17) is 33.5 Å².